The molecule has 3 aromatic rings. The molecule has 2 aliphatic rings. The highest BCUT2D eigenvalue weighted by atomic mass is 16.3. The minimum absolute atomic E-state index is 0.0135. The molecule has 1 aliphatic heterocycles. The Balaban J connectivity index is 1.32. The molecular formula is C32H40N6O4. The van der Waals surface area contributed by atoms with Gasteiger partial charge in [0.05, 0.1) is 11.8 Å². The minimum atomic E-state index is -0.978. The number of carbonyl (C=O) groups excluding carboxylic acids is 3. The van der Waals surface area contributed by atoms with Crippen LogP contribution in [0, 0.1) is 5.41 Å². The van der Waals surface area contributed by atoms with Crippen LogP contribution < -0.4 is 11.1 Å². The number of nitrogens with zero attached hydrogens (tertiary/aromatic N) is 4. The molecule has 0 unspecified atom stereocenters. The van der Waals surface area contributed by atoms with Crippen LogP contribution in [0.4, 0.5) is 0 Å². The van der Waals surface area contributed by atoms with Gasteiger partial charge in [0.2, 0.25) is 17.7 Å². The van der Waals surface area contributed by atoms with Gasteiger partial charge in [-0.2, -0.15) is 0 Å². The first-order valence-electron chi connectivity index (χ1n) is 14.7. The van der Waals surface area contributed by atoms with Gasteiger partial charge in [0, 0.05) is 31.5 Å². The van der Waals surface area contributed by atoms with Gasteiger partial charge in [-0.05, 0) is 41.4 Å². The molecule has 10 nitrogen and oxygen atoms in total. The number of nitrogens with one attached hydrogen (secondary N) is 1. The molecule has 2 aromatic carbocycles. The standard InChI is InChI=1S/C32H40N6O4/c1-4-32(2,3)28(38-19-26(35-36-38)23-14-15-23)31(42)37-18-24(39)17-27(37)30(41)34-25(29(33)40)16-20-10-12-22(13-11-20)21-8-6-5-7-9-21/h5-13,19,23-25,27-28,39H,4,14-18H2,1-3H3,(H2,33,40)(H,34,41)/t24-,25-,27+,28-/m1/s1. The first-order valence-corrected chi connectivity index (χ1v) is 14.7. The number of rotatable bonds is 11. The zero-order valence-corrected chi connectivity index (χ0v) is 24.4. The van der Waals surface area contributed by atoms with Gasteiger partial charge in [0.25, 0.3) is 0 Å². The van der Waals surface area contributed by atoms with Gasteiger partial charge in [-0.3, -0.25) is 14.4 Å². The monoisotopic (exact) mass is 572 g/mol. The minimum Gasteiger partial charge on any atom is -0.391 e. The number of aromatic nitrogens is 3. The largest absolute Gasteiger partial charge is 0.391 e. The number of benzene rings is 2. The van der Waals surface area contributed by atoms with Crippen molar-refractivity contribution in [1.82, 2.24) is 25.2 Å². The lowest BCUT2D eigenvalue weighted by molar-refractivity contribution is -0.145. The van der Waals surface area contributed by atoms with Crippen molar-refractivity contribution in [3.05, 3.63) is 72.1 Å². The number of likely N-dealkylation sites (tertiary alicyclic amines) is 1. The molecule has 222 valence electrons. The van der Waals surface area contributed by atoms with Crippen molar-refractivity contribution in [2.45, 2.75) is 83.0 Å². The fraction of sp³-hybridized carbons (Fsp3) is 0.469. The summed E-state index contributed by atoms with van der Waals surface area (Å²) >= 11 is 0. The Morgan fingerprint density at radius 2 is 1.74 bits per heavy atom. The van der Waals surface area contributed by atoms with Gasteiger partial charge in [0.1, 0.15) is 18.1 Å². The Morgan fingerprint density at radius 3 is 2.36 bits per heavy atom. The number of hydrogen-bond acceptors (Lipinski definition) is 6. The van der Waals surface area contributed by atoms with E-state index in [2.05, 4.69) is 15.6 Å². The van der Waals surface area contributed by atoms with Crippen molar-refractivity contribution in [3.63, 3.8) is 0 Å². The third-order valence-electron chi connectivity index (χ3n) is 8.70. The van der Waals surface area contributed by atoms with Crippen molar-refractivity contribution in [2.75, 3.05) is 6.54 Å². The van der Waals surface area contributed by atoms with Crippen molar-refractivity contribution < 1.29 is 19.5 Å². The number of primary amides is 1. The maximum absolute atomic E-state index is 14.1. The van der Waals surface area contributed by atoms with Crippen molar-refractivity contribution >= 4 is 17.7 Å². The van der Waals surface area contributed by atoms with E-state index in [1.165, 1.54) is 4.90 Å². The smallest absolute Gasteiger partial charge is 0.248 e. The number of aliphatic hydroxyl groups is 1. The SMILES string of the molecule is CCC(C)(C)[C@@H](C(=O)N1C[C@H](O)C[C@H]1C(=O)N[C@H](Cc1ccc(-c2ccccc2)cc1)C(N)=O)n1cc(C2CC2)nn1. The molecule has 42 heavy (non-hydrogen) atoms. The third kappa shape index (κ3) is 6.38. The van der Waals surface area contributed by atoms with Crippen LogP contribution in [0.3, 0.4) is 0 Å². The molecule has 1 aliphatic carbocycles. The molecule has 4 N–H and O–H groups in total. The third-order valence-corrected chi connectivity index (χ3v) is 8.70. The summed E-state index contributed by atoms with van der Waals surface area (Å²) < 4.78 is 1.62. The Labute approximate surface area is 246 Å². The molecule has 3 amide bonds. The van der Waals surface area contributed by atoms with Crippen LogP contribution >= 0.6 is 0 Å². The molecule has 5 rings (SSSR count). The van der Waals surface area contributed by atoms with Crippen LogP contribution in [0.25, 0.3) is 11.1 Å². The van der Waals surface area contributed by atoms with Crippen molar-refractivity contribution in [3.8, 4) is 11.1 Å². The molecular weight excluding hydrogens is 532 g/mol. The number of amides is 3. The number of hydrogen-bond donors (Lipinski definition) is 3. The summed E-state index contributed by atoms with van der Waals surface area (Å²) in [6.45, 7) is 6.00. The molecule has 1 saturated carbocycles. The summed E-state index contributed by atoms with van der Waals surface area (Å²) in [6.07, 6.45) is 4.05. The first kappa shape index (κ1) is 29.4. The zero-order valence-electron chi connectivity index (χ0n) is 24.4. The van der Waals surface area contributed by atoms with E-state index < -0.39 is 41.5 Å². The molecule has 10 heteroatoms. The quantitative estimate of drug-likeness (QED) is 0.322. The summed E-state index contributed by atoms with van der Waals surface area (Å²) in [5.74, 6) is -1.12. The predicted molar refractivity (Wildman–Crippen MR) is 158 cm³/mol. The van der Waals surface area contributed by atoms with Crippen LogP contribution in [0.5, 0.6) is 0 Å². The Kier molecular flexibility index (Phi) is 8.45. The van der Waals surface area contributed by atoms with Crippen molar-refractivity contribution in [2.24, 2.45) is 11.1 Å². The fourth-order valence-corrected chi connectivity index (χ4v) is 5.63. The van der Waals surface area contributed by atoms with E-state index in [1.54, 1.807) is 4.68 Å². The van der Waals surface area contributed by atoms with Crippen LogP contribution in [-0.2, 0) is 20.8 Å². The highest BCUT2D eigenvalue weighted by Gasteiger charge is 2.46. The van der Waals surface area contributed by atoms with E-state index in [1.807, 2.05) is 81.6 Å². The average molecular weight is 573 g/mol. The summed E-state index contributed by atoms with van der Waals surface area (Å²) in [6, 6.07) is 15.0. The molecule has 4 atom stereocenters. The summed E-state index contributed by atoms with van der Waals surface area (Å²) in [5, 5.41) is 21.9. The molecule has 2 fully saturated rings. The van der Waals surface area contributed by atoms with Crippen LogP contribution in [0.2, 0.25) is 0 Å². The van der Waals surface area contributed by atoms with Gasteiger partial charge in [0.15, 0.2) is 0 Å². The number of β-amino-alcohol motifs (C(OH)–C–C–N with tert-alkyl or cyclic N) is 1. The second-order valence-electron chi connectivity index (χ2n) is 12.3. The van der Waals surface area contributed by atoms with E-state index in [-0.39, 0.29) is 25.3 Å². The van der Waals surface area contributed by atoms with E-state index in [0.29, 0.717) is 12.3 Å². The molecule has 0 bridgehead atoms. The molecule has 2 heterocycles. The van der Waals surface area contributed by atoms with Gasteiger partial charge in [-0.25, -0.2) is 4.68 Å². The molecule has 1 saturated heterocycles. The lowest BCUT2D eigenvalue weighted by atomic mass is 9.81. The lowest BCUT2D eigenvalue weighted by Crippen LogP contribution is -2.54. The number of aliphatic hydroxyl groups excluding tert-OH is 1. The number of carbonyl (C=O) groups is 3. The van der Waals surface area contributed by atoms with Crippen molar-refractivity contribution in [1.29, 1.82) is 0 Å². The lowest BCUT2D eigenvalue weighted by Gasteiger charge is -2.36. The highest BCUT2D eigenvalue weighted by Crippen LogP contribution is 2.41. The van der Waals surface area contributed by atoms with E-state index in [4.69, 9.17) is 5.73 Å². The zero-order chi connectivity index (χ0) is 30.0. The van der Waals surface area contributed by atoms with E-state index >= 15 is 0 Å². The van der Waals surface area contributed by atoms with Crippen LogP contribution in [0.15, 0.2) is 60.8 Å². The van der Waals surface area contributed by atoms with Gasteiger partial charge in [-0.1, -0.05) is 80.6 Å². The Morgan fingerprint density at radius 1 is 1.07 bits per heavy atom. The second-order valence-corrected chi connectivity index (χ2v) is 12.3. The van der Waals surface area contributed by atoms with Gasteiger partial charge in [-0.15, -0.1) is 5.10 Å². The first-order chi connectivity index (χ1) is 20.1. The van der Waals surface area contributed by atoms with Crippen LogP contribution in [0.1, 0.15) is 69.7 Å². The maximum Gasteiger partial charge on any atom is 0.248 e. The second kappa shape index (κ2) is 12.1. The molecule has 1 aromatic heterocycles. The normalized spacial score (nSPS) is 20.2. The highest BCUT2D eigenvalue weighted by molar-refractivity contribution is 5.93. The molecule has 0 radical (unpaired) electrons. The van der Waals surface area contributed by atoms with E-state index in [9.17, 15) is 19.5 Å². The van der Waals surface area contributed by atoms with E-state index in [0.717, 1.165) is 35.2 Å². The summed E-state index contributed by atoms with van der Waals surface area (Å²) in [7, 11) is 0. The average Bonchev–Trinajstić information content (AvgIpc) is 3.59. The molecule has 0 spiro atoms. The summed E-state index contributed by atoms with van der Waals surface area (Å²) in [5.41, 5.74) is 9.02. The fourth-order valence-electron chi connectivity index (χ4n) is 5.63. The number of nitrogens with two attached hydrogens (primary N) is 1. The predicted octanol–water partition coefficient (Wildman–Crippen LogP) is 2.97. The Hall–Kier alpha value is -4.05. The maximum atomic E-state index is 14.1. The Bertz CT molecular complexity index is 1420. The van der Waals surface area contributed by atoms with Gasteiger partial charge < -0.3 is 21.1 Å². The topological polar surface area (TPSA) is 143 Å². The van der Waals surface area contributed by atoms with Gasteiger partial charge >= 0.3 is 0 Å². The summed E-state index contributed by atoms with van der Waals surface area (Å²) in [4.78, 5) is 41.5. The van der Waals surface area contributed by atoms with Crippen LogP contribution in [-0.4, -0.2) is 67.5 Å².